The first-order valence-electron chi connectivity index (χ1n) is 8.97. The van der Waals surface area contributed by atoms with Crippen molar-refractivity contribution in [1.29, 1.82) is 0 Å². The minimum atomic E-state index is -4.25. The van der Waals surface area contributed by atoms with Gasteiger partial charge >= 0.3 is 13.7 Å². The highest BCUT2D eigenvalue weighted by atomic mass is 35.5. The Morgan fingerprint density at radius 2 is 1.70 bits per heavy atom. The molecule has 2 atom stereocenters. The molecule has 1 N–H and O–H groups in total. The van der Waals surface area contributed by atoms with Crippen molar-refractivity contribution in [3.63, 3.8) is 0 Å². The summed E-state index contributed by atoms with van der Waals surface area (Å²) < 4.78 is 81.6. The second-order valence-electron chi connectivity index (χ2n) is 5.97. The summed E-state index contributed by atoms with van der Waals surface area (Å²) in [5.74, 6) is -1.97. The highest BCUT2D eigenvalue weighted by molar-refractivity contribution is 7.54. The summed E-state index contributed by atoms with van der Waals surface area (Å²) >= 11 is 4.81. The van der Waals surface area contributed by atoms with Crippen molar-refractivity contribution >= 4 is 24.9 Å². The van der Waals surface area contributed by atoms with Crippen LogP contribution in [0.2, 0.25) is 0 Å². The van der Waals surface area contributed by atoms with E-state index in [0.717, 1.165) is 6.07 Å². The molecule has 0 amide bonds. The Kier molecular flexibility index (Phi) is 8.55. The van der Waals surface area contributed by atoms with E-state index in [1.165, 1.54) is 42.5 Å². The van der Waals surface area contributed by atoms with Crippen LogP contribution < -0.4 is 10.1 Å². The number of alkyl halides is 4. The Labute approximate surface area is 176 Å². The van der Waals surface area contributed by atoms with E-state index in [1.54, 1.807) is 13.8 Å². The van der Waals surface area contributed by atoms with Crippen LogP contribution in [0.5, 0.6) is 5.75 Å². The number of hydrogen-bond donors (Lipinski definition) is 1. The van der Waals surface area contributed by atoms with Crippen molar-refractivity contribution in [2.45, 2.75) is 31.4 Å². The number of rotatable bonds is 11. The standard InChI is InChI=1S/C19H21ClF4NO4P/c1-3-27-30(26,28-4-2)17(13-8-10-14(21)11-9-13)25-15-6-5-7-16(12-15)29-19(23,24)18(20)22/h5-12,17-18,25H,3-4H2,1-2H3. The van der Waals surface area contributed by atoms with Crippen LogP contribution in [-0.4, -0.2) is 25.0 Å². The van der Waals surface area contributed by atoms with Gasteiger partial charge in [0.15, 0.2) is 5.78 Å². The van der Waals surface area contributed by atoms with Crippen LogP contribution in [0, 0.1) is 5.82 Å². The van der Waals surface area contributed by atoms with Crippen LogP contribution in [0.1, 0.15) is 25.2 Å². The molecular weight excluding hydrogens is 449 g/mol. The molecule has 0 aliphatic heterocycles. The predicted molar refractivity (Wildman–Crippen MR) is 106 cm³/mol. The van der Waals surface area contributed by atoms with Crippen molar-refractivity contribution < 1.29 is 35.9 Å². The maximum Gasteiger partial charge on any atom is 0.444 e. The maximum atomic E-state index is 13.4. The molecule has 0 aromatic heterocycles. The minimum Gasteiger partial charge on any atom is -0.429 e. The lowest BCUT2D eigenvalue weighted by atomic mass is 10.2. The first-order chi connectivity index (χ1) is 14.1. The Hall–Kier alpha value is -1.80. The molecule has 2 rings (SSSR count). The van der Waals surface area contributed by atoms with Crippen LogP contribution in [0.15, 0.2) is 48.5 Å². The molecule has 0 heterocycles. The third-order valence-corrected chi connectivity index (χ3v) is 6.32. The quantitative estimate of drug-likeness (QED) is 0.225. The van der Waals surface area contributed by atoms with Gasteiger partial charge in [-0.2, -0.15) is 8.78 Å². The average Bonchev–Trinajstić information content (AvgIpc) is 2.67. The van der Waals surface area contributed by atoms with E-state index in [4.69, 9.17) is 20.6 Å². The Morgan fingerprint density at radius 1 is 1.10 bits per heavy atom. The van der Waals surface area contributed by atoms with E-state index in [-0.39, 0.29) is 24.7 Å². The molecule has 2 unspecified atom stereocenters. The van der Waals surface area contributed by atoms with Gasteiger partial charge in [-0.15, -0.1) is 0 Å². The summed E-state index contributed by atoms with van der Waals surface area (Å²) in [6.07, 6.45) is -4.25. The van der Waals surface area contributed by atoms with E-state index in [0.29, 0.717) is 5.56 Å². The molecule has 2 aromatic carbocycles. The van der Waals surface area contributed by atoms with E-state index < -0.39 is 30.9 Å². The largest absolute Gasteiger partial charge is 0.444 e. The molecule has 166 valence electrons. The Bertz CT molecular complexity index is 860. The Balaban J connectivity index is 2.40. The number of ether oxygens (including phenoxy) is 1. The lowest BCUT2D eigenvalue weighted by Crippen LogP contribution is -2.32. The first-order valence-corrected chi connectivity index (χ1v) is 11.0. The molecule has 5 nitrogen and oxygen atoms in total. The molecule has 2 aromatic rings. The lowest BCUT2D eigenvalue weighted by molar-refractivity contribution is -0.199. The molecule has 0 spiro atoms. The van der Waals surface area contributed by atoms with Crippen molar-refractivity contribution in [2.75, 3.05) is 18.5 Å². The van der Waals surface area contributed by atoms with E-state index in [1.807, 2.05) is 0 Å². The summed E-state index contributed by atoms with van der Waals surface area (Å²) in [7, 11) is -3.81. The summed E-state index contributed by atoms with van der Waals surface area (Å²) in [5.41, 5.74) is -2.47. The van der Waals surface area contributed by atoms with Gasteiger partial charge in [-0.05, 0) is 43.7 Å². The van der Waals surface area contributed by atoms with Gasteiger partial charge in [0.05, 0.1) is 13.2 Å². The van der Waals surface area contributed by atoms with E-state index >= 15 is 0 Å². The number of nitrogens with one attached hydrogen (secondary N) is 1. The SMILES string of the molecule is CCOP(=O)(OCC)C(Nc1cccc(OC(F)(F)C(F)Cl)c1)c1ccc(F)cc1. The van der Waals surface area contributed by atoms with E-state index in [2.05, 4.69) is 10.1 Å². The third-order valence-electron chi connectivity index (χ3n) is 3.77. The first kappa shape index (κ1) is 24.5. The molecule has 30 heavy (non-hydrogen) atoms. The summed E-state index contributed by atoms with van der Waals surface area (Å²) in [5, 5.41) is 2.89. The second kappa shape index (κ2) is 10.5. The van der Waals surface area contributed by atoms with Gasteiger partial charge < -0.3 is 19.1 Å². The van der Waals surface area contributed by atoms with Crippen molar-refractivity contribution in [3.05, 3.63) is 59.9 Å². The number of benzene rings is 2. The molecule has 0 fully saturated rings. The molecule has 0 saturated carbocycles. The smallest absolute Gasteiger partial charge is 0.429 e. The summed E-state index contributed by atoms with van der Waals surface area (Å²) in [4.78, 5) is 0. The molecule has 0 aliphatic rings. The van der Waals surface area contributed by atoms with Crippen LogP contribution in [-0.2, 0) is 13.6 Å². The maximum absolute atomic E-state index is 13.4. The van der Waals surface area contributed by atoms with Gasteiger partial charge in [0.1, 0.15) is 11.6 Å². The summed E-state index contributed by atoms with van der Waals surface area (Å²) in [6, 6.07) is 10.3. The van der Waals surface area contributed by atoms with Crippen molar-refractivity contribution in [3.8, 4) is 5.75 Å². The zero-order chi connectivity index (χ0) is 22.4. The number of anilines is 1. The fourth-order valence-electron chi connectivity index (χ4n) is 2.55. The zero-order valence-corrected chi connectivity index (χ0v) is 17.8. The van der Waals surface area contributed by atoms with Gasteiger partial charge in [-0.25, -0.2) is 8.78 Å². The molecule has 0 bridgehead atoms. The number of hydrogen-bond acceptors (Lipinski definition) is 5. The highest BCUT2D eigenvalue weighted by Crippen LogP contribution is 2.60. The van der Waals surface area contributed by atoms with Crippen molar-refractivity contribution in [2.24, 2.45) is 0 Å². The monoisotopic (exact) mass is 469 g/mol. The minimum absolute atomic E-state index is 0.0691. The summed E-state index contributed by atoms with van der Waals surface area (Å²) in [6.45, 7) is 3.40. The fourth-order valence-corrected chi connectivity index (χ4v) is 4.53. The number of halogens is 5. The average molecular weight is 470 g/mol. The normalized spacial score (nSPS) is 14.2. The van der Waals surface area contributed by atoms with Gasteiger partial charge in [0, 0.05) is 11.8 Å². The molecule has 0 saturated heterocycles. The van der Waals surface area contributed by atoms with Crippen molar-refractivity contribution in [1.82, 2.24) is 0 Å². The van der Waals surface area contributed by atoms with Gasteiger partial charge in [-0.3, -0.25) is 4.57 Å². The van der Waals surface area contributed by atoms with Crippen LogP contribution in [0.4, 0.5) is 23.2 Å². The van der Waals surface area contributed by atoms with Crippen LogP contribution in [0.25, 0.3) is 0 Å². The Morgan fingerprint density at radius 3 is 2.23 bits per heavy atom. The predicted octanol–water partition coefficient (Wildman–Crippen LogP) is 6.71. The zero-order valence-electron chi connectivity index (χ0n) is 16.2. The topological polar surface area (TPSA) is 56.8 Å². The molecule has 0 radical (unpaired) electrons. The second-order valence-corrected chi connectivity index (χ2v) is 8.46. The lowest BCUT2D eigenvalue weighted by Gasteiger charge is -2.28. The van der Waals surface area contributed by atoms with Crippen LogP contribution >= 0.6 is 19.2 Å². The van der Waals surface area contributed by atoms with Crippen LogP contribution in [0.3, 0.4) is 0 Å². The van der Waals surface area contributed by atoms with Gasteiger partial charge in [-0.1, -0.05) is 29.8 Å². The van der Waals surface area contributed by atoms with Gasteiger partial charge in [0.25, 0.3) is 5.63 Å². The van der Waals surface area contributed by atoms with Gasteiger partial charge in [0.2, 0.25) is 0 Å². The molecule has 0 aliphatic carbocycles. The third kappa shape index (κ3) is 6.35. The molecule has 11 heteroatoms. The van der Waals surface area contributed by atoms with E-state index in [9.17, 15) is 22.1 Å². The molecular formula is C19H21ClF4NO4P. The fraction of sp³-hybridized carbons (Fsp3) is 0.368. The highest BCUT2D eigenvalue weighted by Gasteiger charge is 2.42.